The highest BCUT2D eigenvalue weighted by Crippen LogP contribution is 2.28. The van der Waals surface area contributed by atoms with Crippen molar-refractivity contribution in [2.24, 2.45) is 5.73 Å². The fourth-order valence-electron chi connectivity index (χ4n) is 3.87. The monoisotopic (exact) mass is 398 g/mol. The van der Waals surface area contributed by atoms with Gasteiger partial charge < -0.3 is 25.0 Å². The Kier molecular flexibility index (Phi) is 6.93. The van der Waals surface area contributed by atoms with Gasteiger partial charge >= 0.3 is 0 Å². The highest BCUT2D eigenvalue weighted by Gasteiger charge is 2.26. The summed E-state index contributed by atoms with van der Waals surface area (Å²) in [7, 11) is 5.45. The standard InChI is InChI=1S/C22H30N4O3/c1-25(13-10-16-8-9-19(28-2)20(14-16)29-3)17-6-5-12-26(15-17)22-18(21(23)27)7-4-11-24-22/h4,7-9,11,14,17H,5-6,10,12-13,15H2,1-3H3,(H2,23,27). The third-order valence-corrected chi connectivity index (χ3v) is 5.57. The van der Waals surface area contributed by atoms with E-state index in [1.54, 1.807) is 32.5 Å². The van der Waals surface area contributed by atoms with Crippen molar-refractivity contribution in [3.05, 3.63) is 47.7 Å². The van der Waals surface area contributed by atoms with Crippen LogP contribution in [0.4, 0.5) is 5.82 Å². The SMILES string of the molecule is COc1ccc(CCN(C)C2CCCN(c3ncccc3C(N)=O)C2)cc1OC. The minimum Gasteiger partial charge on any atom is -0.493 e. The van der Waals surface area contributed by atoms with Crippen LogP contribution < -0.4 is 20.1 Å². The number of nitrogens with zero attached hydrogens (tertiary/aromatic N) is 3. The molecule has 1 atom stereocenters. The van der Waals surface area contributed by atoms with Gasteiger partial charge in [-0.1, -0.05) is 6.07 Å². The van der Waals surface area contributed by atoms with Crippen LogP contribution in [0.2, 0.25) is 0 Å². The summed E-state index contributed by atoms with van der Waals surface area (Å²) in [6.45, 7) is 2.65. The fraction of sp³-hybridized carbons (Fsp3) is 0.455. The van der Waals surface area contributed by atoms with Gasteiger partial charge in [0, 0.05) is 31.9 Å². The molecule has 156 valence electrons. The van der Waals surface area contributed by atoms with Gasteiger partial charge in [0.25, 0.3) is 5.91 Å². The normalized spacial score (nSPS) is 16.7. The van der Waals surface area contributed by atoms with Crippen molar-refractivity contribution in [1.82, 2.24) is 9.88 Å². The zero-order valence-electron chi connectivity index (χ0n) is 17.4. The first-order chi connectivity index (χ1) is 14.0. The number of hydrogen-bond acceptors (Lipinski definition) is 6. The lowest BCUT2D eigenvalue weighted by atomic mass is 10.0. The van der Waals surface area contributed by atoms with Crippen LogP contribution in [0.25, 0.3) is 0 Å². The number of amides is 1. The number of carbonyl (C=O) groups is 1. The molecular weight excluding hydrogens is 368 g/mol. The molecule has 1 amide bonds. The predicted octanol–water partition coefficient (Wildman–Crippen LogP) is 2.34. The van der Waals surface area contributed by atoms with E-state index in [4.69, 9.17) is 15.2 Å². The topological polar surface area (TPSA) is 80.9 Å². The summed E-state index contributed by atoms with van der Waals surface area (Å²) in [5.74, 6) is 1.76. The number of pyridine rings is 1. The maximum absolute atomic E-state index is 11.8. The molecule has 1 fully saturated rings. The molecule has 2 aromatic rings. The van der Waals surface area contributed by atoms with E-state index in [1.807, 2.05) is 12.1 Å². The third-order valence-electron chi connectivity index (χ3n) is 5.57. The molecule has 1 aromatic carbocycles. The number of ether oxygens (including phenoxy) is 2. The van der Waals surface area contributed by atoms with Crippen molar-refractivity contribution in [2.75, 3.05) is 45.8 Å². The molecule has 2 N–H and O–H groups in total. The van der Waals surface area contributed by atoms with E-state index in [1.165, 1.54) is 5.56 Å². The number of rotatable bonds is 8. The molecule has 29 heavy (non-hydrogen) atoms. The predicted molar refractivity (Wildman–Crippen MR) is 114 cm³/mol. The summed E-state index contributed by atoms with van der Waals surface area (Å²) in [5.41, 5.74) is 7.24. The number of nitrogens with two attached hydrogens (primary N) is 1. The van der Waals surface area contributed by atoms with Crippen LogP contribution in [0.1, 0.15) is 28.8 Å². The summed E-state index contributed by atoms with van der Waals surface area (Å²) in [6, 6.07) is 9.95. The number of piperidine rings is 1. The van der Waals surface area contributed by atoms with Gasteiger partial charge in [-0.05, 0) is 56.1 Å². The fourth-order valence-corrected chi connectivity index (χ4v) is 3.87. The zero-order chi connectivity index (χ0) is 20.8. The second-order valence-electron chi connectivity index (χ2n) is 7.40. The molecule has 2 heterocycles. The summed E-state index contributed by atoms with van der Waals surface area (Å²) >= 11 is 0. The molecule has 0 radical (unpaired) electrons. The molecule has 0 aliphatic carbocycles. The molecule has 1 aliphatic heterocycles. The van der Waals surface area contributed by atoms with Crippen molar-refractivity contribution < 1.29 is 14.3 Å². The first-order valence-electron chi connectivity index (χ1n) is 9.94. The summed E-state index contributed by atoms with van der Waals surface area (Å²) < 4.78 is 10.7. The highest BCUT2D eigenvalue weighted by atomic mass is 16.5. The Morgan fingerprint density at radius 3 is 2.79 bits per heavy atom. The summed E-state index contributed by atoms with van der Waals surface area (Å²) in [5, 5.41) is 0. The Hall–Kier alpha value is -2.80. The van der Waals surface area contributed by atoms with Crippen LogP contribution in [0, 0.1) is 0 Å². The molecule has 0 saturated carbocycles. The Balaban J connectivity index is 1.63. The van der Waals surface area contributed by atoms with Crippen LogP contribution >= 0.6 is 0 Å². The van der Waals surface area contributed by atoms with Gasteiger partial charge in [-0.3, -0.25) is 4.79 Å². The number of hydrogen-bond donors (Lipinski definition) is 1. The van der Waals surface area contributed by atoms with Gasteiger partial charge in [0.05, 0.1) is 19.8 Å². The van der Waals surface area contributed by atoms with E-state index >= 15 is 0 Å². The Morgan fingerprint density at radius 1 is 1.28 bits per heavy atom. The minimum absolute atomic E-state index is 0.395. The van der Waals surface area contributed by atoms with E-state index in [9.17, 15) is 4.79 Å². The number of methoxy groups -OCH3 is 2. The second kappa shape index (κ2) is 9.60. The van der Waals surface area contributed by atoms with E-state index in [2.05, 4.69) is 27.9 Å². The summed E-state index contributed by atoms with van der Waals surface area (Å²) in [4.78, 5) is 20.8. The molecule has 1 aliphatic rings. The number of aromatic nitrogens is 1. The van der Waals surface area contributed by atoms with Crippen LogP contribution in [0.3, 0.4) is 0 Å². The van der Waals surface area contributed by atoms with Crippen molar-refractivity contribution in [3.63, 3.8) is 0 Å². The lowest BCUT2D eigenvalue weighted by molar-refractivity contribution is 0.1000. The molecular formula is C22H30N4O3. The van der Waals surface area contributed by atoms with Crippen molar-refractivity contribution >= 4 is 11.7 Å². The Morgan fingerprint density at radius 2 is 2.07 bits per heavy atom. The lowest BCUT2D eigenvalue weighted by Gasteiger charge is -2.38. The average Bonchev–Trinajstić information content (AvgIpc) is 2.77. The van der Waals surface area contributed by atoms with Gasteiger partial charge in [0.15, 0.2) is 11.5 Å². The molecule has 3 rings (SSSR count). The number of primary amides is 1. The minimum atomic E-state index is -0.433. The molecule has 1 unspecified atom stereocenters. The molecule has 0 bridgehead atoms. The van der Waals surface area contributed by atoms with E-state index in [0.29, 0.717) is 17.4 Å². The van der Waals surface area contributed by atoms with Crippen LogP contribution in [0.5, 0.6) is 11.5 Å². The van der Waals surface area contributed by atoms with E-state index in [0.717, 1.165) is 50.4 Å². The van der Waals surface area contributed by atoms with Gasteiger partial charge in [-0.15, -0.1) is 0 Å². The van der Waals surface area contributed by atoms with Crippen molar-refractivity contribution in [3.8, 4) is 11.5 Å². The zero-order valence-corrected chi connectivity index (χ0v) is 17.4. The van der Waals surface area contributed by atoms with Crippen LogP contribution in [-0.2, 0) is 6.42 Å². The van der Waals surface area contributed by atoms with Gasteiger partial charge in [-0.25, -0.2) is 4.98 Å². The summed E-state index contributed by atoms with van der Waals surface area (Å²) in [6.07, 6.45) is 4.81. The smallest absolute Gasteiger partial charge is 0.252 e. The van der Waals surface area contributed by atoms with E-state index in [-0.39, 0.29) is 0 Å². The highest BCUT2D eigenvalue weighted by molar-refractivity contribution is 5.97. The van der Waals surface area contributed by atoms with Gasteiger partial charge in [0.2, 0.25) is 0 Å². The maximum atomic E-state index is 11.8. The number of carbonyl (C=O) groups excluding carboxylic acids is 1. The first kappa shape index (κ1) is 20.9. The van der Waals surface area contributed by atoms with Gasteiger partial charge in [0.1, 0.15) is 5.82 Å². The molecule has 1 saturated heterocycles. The average molecular weight is 399 g/mol. The third kappa shape index (κ3) is 4.98. The largest absolute Gasteiger partial charge is 0.493 e. The maximum Gasteiger partial charge on any atom is 0.252 e. The van der Waals surface area contributed by atoms with Crippen molar-refractivity contribution in [1.29, 1.82) is 0 Å². The Bertz CT molecular complexity index is 843. The molecule has 1 aromatic heterocycles. The molecule has 7 nitrogen and oxygen atoms in total. The lowest BCUT2D eigenvalue weighted by Crippen LogP contribution is -2.47. The van der Waals surface area contributed by atoms with Crippen LogP contribution in [0.15, 0.2) is 36.5 Å². The number of likely N-dealkylation sites (N-methyl/N-ethyl adjacent to an activating group) is 1. The molecule has 7 heteroatoms. The van der Waals surface area contributed by atoms with Crippen LogP contribution in [-0.4, -0.2) is 62.7 Å². The molecule has 0 spiro atoms. The number of anilines is 1. The first-order valence-corrected chi connectivity index (χ1v) is 9.94. The second-order valence-corrected chi connectivity index (χ2v) is 7.40. The Labute approximate surface area is 172 Å². The van der Waals surface area contributed by atoms with Gasteiger partial charge in [-0.2, -0.15) is 0 Å². The van der Waals surface area contributed by atoms with E-state index < -0.39 is 5.91 Å². The number of benzene rings is 1. The quantitative estimate of drug-likeness (QED) is 0.735. The van der Waals surface area contributed by atoms with Crippen molar-refractivity contribution in [2.45, 2.75) is 25.3 Å².